The number of hydrogen-bond acceptors (Lipinski definition) is 3. The molecule has 1 heterocycles. The lowest BCUT2D eigenvalue weighted by atomic mass is 10.2. The van der Waals surface area contributed by atoms with Gasteiger partial charge < -0.3 is 4.98 Å². The molecule has 0 aliphatic rings. The summed E-state index contributed by atoms with van der Waals surface area (Å²) in [5.74, 6) is 0. The fourth-order valence-electron chi connectivity index (χ4n) is 1.50. The first-order valence-electron chi connectivity index (χ1n) is 4.31. The summed E-state index contributed by atoms with van der Waals surface area (Å²) in [6.45, 7) is 0. The predicted octanol–water partition coefficient (Wildman–Crippen LogP) is 3.27. The van der Waals surface area contributed by atoms with Crippen molar-refractivity contribution in [1.82, 2.24) is 9.97 Å². The smallest absolute Gasteiger partial charge is 0.332 e. The summed E-state index contributed by atoms with van der Waals surface area (Å²) in [5.41, 5.74) is -1.83. The number of alkyl halides is 3. The van der Waals surface area contributed by atoms with Crippen LogP contribution >= 0.6 is 26.6 Å². The van der Waals surface area contributed by atoms with Gasteiger partial charge in [-0.25, -0.2) is 13.4 Å². The third-order valence-corrected chi connectivity index (χ3v) is 3.87. The van der Waals surface area contributed by atoms with Gasteiger partial charge >= 0.3 is 6.18 Å². The van der Waals surface area contributed by atoms with E-state index in [1.807, 2.05) is 0 Å². The van der Waals surface area contributed by atoms with E-state index in [1.165, 1.54) is 0 Å². The number of hydrogen-bond donors (Lipinski definition) is 1. The Bertz CT molecular complexity index is 726. The monoisotopic (exact) mass is 362 g/mol. The van der Waals surface area contributed by atoms with E-state index in [0.29, 0.717) is 0 Å². The van der Waals surface area contributed by atoms with Crippen LogP contribution in [0, 0.1) is 0 Å². The maximum atomic E-state index is 12.9. The molecule has 0 amide bonds. The lowest BCUT2D eigenvalue weighted by Crippen LogP contribution is -2.11. The fraction of sp³-hybridized carbons (Fsp3) is 0.125. The van der Waals surface area contributed by atoms with Crippen LogP contribution in [0.4, 0.5) is 13.2 Å². The van der Waals surface area contributed by atoms with Gasteiger partial charge in [-0.2, -0.15) is 13.2 Å². The molecule has 18 heavy (non-hydrogen) atoms. The minimum absolute atomic E-state index is 0.0540. The number of aromatic nitrogens is 2. The van der Waals surface area contributed by atoms with Crippen molar-refractivity contribution in [2.24, 2.45) is 0 Å². The van der Waals surface area contributed by atoms with Crippen LogP contribution in [-0.2, 0) is 15.2 Å². The topological polar surface area (TPSA) is 62.8 Å². The molecule has 0 saturated carbocycles. The summed E-state index contributed by atoms with van der Waals surface area (Å²) in [6.07, 6.45) is -4.88. The molecule has 0 spiro atoms. The molecule has 2 rings (SSSR count). The largest absolute Gasteiger partial charge is 0.419 e. The first kappa shape index (κ1) is 13.6. The Hall–Kier alpha value is -0.800. The Morgan fingerprint density at radius 3 is 2.44 bits per heavy atom. The van der Waals surface area contributed by atoms with E-state index in [0.717, 1.165) is 12.1 Å². The van der Waals surface area contributed by atoms with Crippen molar-refractivity contribution >= 4 is 46.7 Å². The summed E-state index contributed by atoms with van der Waals surface area (Å²) < 4.78 is 61.2. The number of imidazole rings is 1. The molecule has 1 aromatic carbocycles. The maximum absolute atomic E-state index is 12.9. The van der Waals surface area contributed by atoms with Crippen LogP contribution in [0.15, 0.2) is 21.8 Å². The highest BCUT2D eigenvalue weighted by atomic mass is 79.9. The van der Waals surface area contributed by atoms with Gasteiger partial charge in [-0.05, 0) is 28.1 Å². The minimum Gasteiger partial charge on any atom is -0.332 e. The van der Waals surface area contributed by atoms with Gasteiger partial charge in [-0.1, -0.05) is 0 Å². The maximum Gasteiger partial charge on any atom is 0.419 e. The number of fused-ring (bicyclic) bond motifs is 1. The summed E-state index contributed by atoms with van der Waals surface area (Å²) in [4.78, 5) is 5.08. The highest BCUT2D eigenvalue weighted by Gasteiger charge is 2.39. The molecule has 0 unspecified atom stereocenters. The SMILES string of the molecule is O=S(=O)(Cl)c1ccc2[nH]c(Br)nc2c1C(F)(F)F. The zero-order chi connectivity index (χ0) is 13.7. The summed E-state index contributed by atoms with van der Waals surface area (Å²) in [5, 5.41) is 0. The van der Waals surface area contributed by atoms with Gasteiger partial charge in [0.2, 0.25) is 0 Å². The average Bonchev–Trinajstić information content (AvgIpc) is 2.52. The zero-order valence-corrected chi connectivity index (χ0v) is 11.4. The Morgan fingerprint density at radius 1 is 1.33 bits per heavy atom. The molecule has 0 aliphatic carbocycles. The number of aromatic amines is 1. The third-order valence-electron chi connectivity index (χ3n) is 2.13. The van der Waals surface area contributed by atoms with E-state index in [-0.39, 0.29) is 10.3 Å². The highest BCUT2D eigenvalue weighted by molar-refractivity contribution is 9.10. The molecule has 98 valence electrons. The van der Waals surface area contributed by atoms with Gasteiger partial charge in [0.15, 0.2) is 4.73 Å². The number of benzene rings is 1. The molecule has 1 aromatic heterocycles. The van der Waals surface area contributed by atoms with E-state index in [2.05, 4.69) is 25.9 Å². The van der Waals surface area contributed by atoms with Gasteiger partial charge in [0.1, 0.15) is 11.1 Å². The first-order chi connectivity index (χ1) is 8.10. The van der Waals surface area contributed by atoms with Crippen LogP contribution in [0.1, 0.15) is 5.56 Å². The van der Waals surface area contributed by atoms with Crippen LogP contribution < -0.4 is 0 Å². The van der Waals surface area contributed by atoms with E-state index in [4.69, 9.17) is 10.7 Å². The van der Waals surface area contributed by atoms with Crippen molar-refractivity contribution in [1.29, 1.82) is 0 Å². The van der Waals surface area contributed by atoms with E-state index >= 15 is 0 Å². The molecule has 4 nitrogen and oxygen atoms in total. The second kappa shape index (κ2) is 4.10. The van der Waals surface area contributed by atoms with Crippen LogP contribution in [0.2, 0.25) is 0 Å². The summed E-state index contributed by atoms with van der Waals surface area (Å²) in [7, 11) is 0.484. The third kappa shape index (κ3) is 2.34. The average molecular weight is 364 g/mol. The molecule has 0 bridgehead atoms. The quantitative estimate of drug-likeness (QED) is 0.791. The predicted molar refractivity (Wildman–Crippen MR) is 61.8 cm³/mol. The van der Waals surface area contributed by atoms with E-state index in [9.17, 15) is 21.6 Å². The standard InChI is InChI=1S/C8H3BrClF3N2O2S/c9-7-14-3-1-2-4(18(10,16)17)5(6(3)15-7)8(11,12)13/h1-2H,(H,14,15). The number of H-pyrrole nitrogens is 1. The van der Waals surface area contributed by atoms with Crippen molar-refractivity contribution in [2.75, 3.05) is 0 Å². The van der Waals surface area contributed by atoms with Crippen molar-refractivity contribution in [2.45, 2.75) is 11.1 Å². The summed E-state index contributed by atoms with van der Waals surface area (Å²) >= 11 is 2.88. The second-order valence-corrected chi connectivity index (χ2v) is 6.58. The molecule has 0 fully saturated rings. The van der Waals surface area contributed by atoms with Crippen LogP contribution in [-0.4, -0.2) is 18.4 Å². The van der Waals surface area contributed by atoms with Gasteiger partial charge in [0.05, 0.1) is 10.4 Å². The van der Waals surface area contributed by atoms with Crippen molar-refractivity contribution in [3.05, 3.63) is 22.4 Å². The molecule has 1 N–H and O–H groups in total. The van der Waals surface area contributed by atoms with Gasteiger partial charge in [-0.15, -0.1) is 0 Å². The van der Waals surface area contributed by atoms with Crippen molar-refractivity contribution < 1.29 is 21.6 Å². The number of halogens is 5. The van der Waals surface area contributed by atoms with Crippen molar-refractivity contribution in [3.8, 4) is 0 Å². The van der Waals surface area contributed by atoms with Gasteiger partial charge in [0.25, 0.3) is 9.05 Å². The molecule has 10 heteroatoms. The molecular weight excluding hydrogens is 361 g/mol. The van der Waals surface area contributed by atoms with Crippen LogP contribution in [0.3, 0.4) is 0 Å². The molecule has 0 atom stereocenters. The first-order valence-corrected chi connectivity index (χ1v) is 7.41. The van der Waals surface area contributed by atoms with Crippen LogP contribution in [0.25, 0.3) is 11.0 Å². The Kier molecular flexibility index (Phi) is 3.11. The summed E-state index contributed by atoms with van der Waals surface area (Å²) in [6, 6.07) is 1.95. The minimum atomic E-state index is -4.88. The molecular formula is C8H3BrClF3N2O2S. The van der Waals surface area contributed by atoms with Gasteiger partial charge in [0, 0.05) is 10.7 Å². The lowest BCUT2D eigenvalue weighted by molar-refractivity contribution is -0.138. The Labute approximate surface area is 112 Å². The highest BCUT2D eigenvalue weighted by Crippen LogP contribution is 2.39. The van der Waals surface area contributed by atoms with E-state index in [1.54, 1.807) is 0 Å². The van der Waals surface area contributed by atoms with Crippen LogP contribution in [0.5, 0.6) is 0 Å². The van der Waals surface area contributed by atoms with Crippen molar-refractivity contribution in [3.63, 3.8) is 0 Å². The number of rotatable bonds is 1. The fourth-order valence-corrected chi connectivity index (χ4v) is 2.97. The lowest BCUT2D eigenvalue weighted by Gasteiger charge is -2.10. The molecule has 0 radical (unpaired) electrons. The molecule has 0 aliphatic heterocycles. The number of nitrogens with one attached hydrogen (secondary N) is 1. The zero-order valence-electron chi connectivity index (χ0n) is 8.22. The second-order valence-electron chi connectivity index (χ2n) is 3.30. The Balaban J connectivity index is 2.97. The van der Waals surface area contributed by atoms with E-state index < -0.39 is 31.2 Å². The number of nitrogens with zero attached hydrogens (tertiary/aromatic N) is 1. The normalized spacial score (nSPS) is 13.2. The molecule has 0 saturated heterocycles. The Morgan fingerprint density at radius 2 is 1.94 bits per heavy atom. The molecule has 2 aromatic rings. The van der Waals surface area contributed by atoms with Gasteiger partial charge in [-0.3, -0.25) is 0 Å².